The van der Waals surface area contributed by atoms with Crippen LogP contribution in [0.3, 0.4) is 0 Å². The second-order valence-electron chi connectivity index (χ2n) is 6.49. The van der Waals surface area contributed by atoms with Gasteiger partial charge in [-0.2, -0.15) is 0 Å². The third-order valence-corrected chi connectivity index (χ3v) is 5.58. The van der Waals surface area contributed by atoms with Gasteiger partial charge in [-0.05, 0) is 32.0 Å². The van der Waals surface area contributed by atoms with Gasteiger partial charge < -0.3 is 19.4 Å². The van der Waals surface area contributed by atoms with Crippen LogP contribution in [0, 0.1) is 13.8 Å². The molecule has 7 heteroatoms. The molecule has 0 unspecified atom stereocenters. The van der Waals surface area contributed by atoms with Crippen LogP contribution in [0.1, 0.15) is 30.7 Å². The summed E-state index contributed by atoms with van der Waals surface area (Å²) >= 11 is 1.57. The Morgan fingerprint density at radius 3 is 2.59 bits per heavy atom. The highest BCUT2D eigenvalue weighted by Gasteiger charge is 2.28. The van der Waals surface area contributed by atoms with Gasteiger partial charge in [-0.15, -0.1) is 11.3 Å². The number of carbonyl (C=O) groups is 2. The number of carbonyl (C=O) groups excluding carboxylic acids is 2. The first-order valence-electron chi connectivity index (χ1n) is 8.81. The number of aryl methyl sites for hydroxylation is 2. The fourth-order valence-corrected chi connectivity index (χ4v) is 4.19. The van der Waals surface area contributed by atoms with Gasteiger partial charge >= 0.3 is 0 Å². The van der Waals surface area contributed by atoms with Gasteiger partial charge in [-0.25, -0.2) is 0 Å². The fourth-order valence-electron chi connectivity index (χ4n) is 3.27. The molecule has 6 nitrogen and oxygen atoms in total. The smallest absolute Gasteiger partial charge is 0.291 e. The molecule has 2 aromatic heterocycles. The summed E-state index contributed by atoms with van der Waals surface area (Å²) in [6.45, 7) is 5.90. The number of nitrogens with zero attached hydrogens (tertiary/aromatic N) is 1. The number of amides is 2. The van der Waals surface area contributed by atoms with Crippen molar-refractivity contribution in [2.24, 2.45) is 0 Å². The van der Waals surface area contributed by atoms with Crippen molar-refractivity contribution in [1.82, 2.24) is 4.90 Å². The number of hydrogen-bond donors (Lipinski definition) is 1. The van der Waals surface area contributed by atoms with Crippen LogP contribution >= 0.6 is 11.3 Å². The Labute approximate surface area is 160 Å². The summed E-state index contributed by atoms with van der Waals surface area (Å²) in [5, 5.41) is 3.63. The van der Waals surface area contributed by atoms with Gasteiger partial charge in [0.05, 0.1) is 18.8 Å². The molecule has 3 aromatic rings. The van der Waals surface area contributed by atoms with E-state index in [1.165, 1.54) is 0 Å². The number of anilines is 1. The number of rotatable bonds is 3. The van der Waals surface area contributed by atoms with Gasteiger partial charge in [0.15, 0.2) is 0 Å². The van der Waals surface area contributed by atoms with E-state index in [0.29, 0.717) is 48.5 Å². The summed E-state index contributed by atoms with van der Waals surface area (Å²) in [4.78, 5) is 29.6. The van der Waals surface area contributed by atoms with Crippen molar-refractivity contribution in [1.29, 1.82) is 0 Å². The van der Waals surface area contributed by atoms with E-state index in [-0.39, 0.29) is 17.6 Å². The Morgan fingerprint density at radius 2 is 1.89 bits per heavy atom. The van der Waals surface area contributed by atoms with Crippen molar-refractivity contribution in [3.8, 4) is 0 Å². The monoisotopic (exact) mass is 384 g/mol. The van der Waals surface area contributed by atoms with Gasteiger partial charge in [-0.1, -0.05) is 12.1 Å². The Kier molecular flexibility index (Phi) is 4.72. The van der Waals surface area contributed by atoms with Crippen molar-refractivity contribution >= 4 is 39.8 Å². The van der Waals surface area contributed by atoms with Crippen molar-refractivity contribution in [3.63, 3.8) is 0 Å². The lowest BCUT2D eigenvalue weighted by atomic mass is 10.2. The average Bonchev–Trinajstić information content (AvgIpc) is 3.21. The molecule has 1 aromatic carbocycles. The van der Waals surface area contributed by atoms with Crippen molar-refractivity contribution in [2.75, 3.05) is 31.6 Å². The molecule has 1 aliphatic heterocycles. The Balaban J connectivity index is 1.73. The number of hydrogen-bond acceptors (Lipinski definition) is 5. The highest BCUT2D eigenvalue weighted by molar-refractivity contribution is 7.12. The number of ether oxygens (including phenoxy) is 1. The van der Waals surface area contributed by atoms with E-state index in [1.807, 2.05) is 38.1 Å². The summed E-state index contributed by atoms with van der Waals surface area (Å²) in [6, 6.07) is 9.20. The molecule has 0 spiro atoms. The van der Waals surface area contributed by atoms with Gasteiger partial charge in [-0.3, -0.25) is 9.59 Å². The van der Waals surface area contributed by atoms with E-state index in [9.17, 15) is 9.59 Å². The predicted octanol–water partition coefficient (Wildman–Crippen LogP) is 3.84. The maximum absolute atomic E-state index is 13.0. The Hall–Kier alpha value is -2.64. The number of morpholine rings is 1. The highest BCUT2D eigenvalue weighted by atomic mass is 32.1. The summed E-state index contributed by atoms with van der Waals surface area (Å²) < 4.78 is 11.2. The van der Waals surface area contributed by atoms with E-state index in [4.69, 9.17) is 9.15 Å². The standard InChI is InChI=1S/C20H20N2O4S/c1-12-11-15(13(2)27-12)19(23)21-17-14-5-3-4-6-16(14)26-18(17)20(24)22-7-9-25-10-8-22/h3-6,11H,7-10H2,1-2H3,(H,21,23). The zero-order valence-corrected chi connectivity index (χ0v) is 16.0. The molecule has 140 valence electrons. The van der Waals surface area contributed by atoms with E-state index >= 15 is 0 Å². The Morgan fingerprint density at radius 1 is 1.15 bits per heavy atom. The molecule has 0 saturated carbocycles. The molecule has 1 fully saturated rings. The minimum Gasteiger partial charge on any atom is -0.449 e. The topological polar surface area (TPSA) is 71.8 Å². The Bertz CT molecular complexity index is 1010. The summed E-state index contributed by atoms with van der Waals surface area (Å²) in [5.74, 6) is -0.307. The van der Waals surface area contributed by atoms with Crippen molar-refractivity contribution in [3.05, 3.63) is 51.4 Å². The fraction of sp³-hybridized carbons (Fsp3) is 0.300. The predicted molar refractivity (Wildman–Crippen MR) is 105 cm³/mol. The lowest BCUT2D eigenvalue weighted by molar-refractivity contribution is 0.0285. The molecule has 0 radical (unpaired) electrons. The number of fused-ring (bicyclic) bond motifs is 1. The summed E-state index contributed by atoms with van der Waals surface area (Å²) in [6.07, 6.45) is 0. The van der Waals surface area contributed by atoms with E-state index in [0.717, 1.165) is 9.75 Å². The molecule has 1 saturated heterocycles. The van der Waals surface area contributed by atoms with E-state index in [2.05, 4.69) is 5.32 Å². The van der Waals surface area contributed by atoms with Crippen molar-refractivity contribution < 1.29 is 18.7 Å². The number of furan rings is 1. The first-order valence-corrected chi connectivity index (χ1v) is 9.63. The molecule has 1 N–H and O–H groups in total. The molecule has 0 atom stereocenters. The minimum absolute atomic E-state index is 0.163. The molecular formula is C20H20N2O4S. The third kappa shape index (κ3) is 3.36. The number of thiophene rings is 1. The maximum Gasteiger partial charge on any atom is 0.291 e. The summed E-state index contributed by atoms with van der Waals surface area (Å²) in [7, 11) is 0. The van der Waals surface area contributed by atoms with E-state index < -0.39 is 0 Å². The van der Waals surface area contributed by atoms with E-state index in [1.54, 1.807) is 22.3 Å². The second-order valence-corrected chi connectivity index (χ2v) is 7.95. The zero-order valence-electron chi connectivity index (χ0n) is 15.2. The van der Waals surface area contributed by atoms with Crippen LogP contribution in [0.2, 0.25) is 0 Å². The van der Waals surface area contributed by atoms with Crippen LogP contribution in [0.25, 0.3) is 11.0 Å². The third-order valence-electron chi connectivity index (χ3n) is 4.61. The van der Waals surface area contributed by atoms with Crippen LogP contribution in [-0.4, -0.2) is 43.0 Å². The first kappa shape index (κ1) is 17.8. The molecule has 2 amide bonds. The number of nitrogens with one attached hydrogen (secondary N) is 1. The van der Waals surface area contributed by atoms with Gasteiger partial charge in [0.2, 0.25) is 5.76 Å². The highest BCUT2D eigenvalue weighted by Crippen LogP contribution is 2.33. The minimum atomic E-state index is -0.237. The van der Waals surface area contributed by atoms with Gasteiger partial charge in [0.1, 0.15) is 11.3 Å². The first-order chi connectivity index (χ1) is 13.0. The molecule has 3 heterocycles. The zero-order chi connectivity index (χ0) is 19.0. The normalized spacial score (nSPS) is 14.5. The van der Waals surface area contributed by atoms with Crippen molar-refractivity contribution in [2.45, 2.75) is 13.8 Å². The van der Waals surface area contributed by atoms with Crippen LogP contribution in [0.4, 0.5) is 5.69 Å². The molecule has 27 heavy (non-hydrogen) atoms. The lowest BCUT2D eigenvalue weighted by Gasteiger charge is -2.26. The lowest BCUT2D eigenvalue weighted by Crippen LogP contribution is -2.40. The maximum atomic E-state index is 13.0. The molecule has 0 aliphatic carbocycles. The van der Waals surface area contributed by atoms with Gasteiger partial charge in [0, 0.05) is 28.2 Å². The summed E-state index contributed by atoms with van der Waals surface area (Å²) in [5.41, 5.74) is 1.62. The molecule has 1 aliphatic rings. The molecule has 4 rings (SSSR count). The SMILES string of the molecule is Cc1cc(C(=O)Nc2c(C(=O)N3CCOCC3)oc3ccccc23)c(C)s1. The van der Waals surface area contributed by atoms with Crippen LogP contribution in [0.15, 0.2) is 34.7 Å². The quantitative estimate of drug-likeness (QED) is 0.745. The largest absolute Gasteiger partial charge is 0.449 e. The number of benzene rings is 1. The van der Waals surface area contributed by atoms with Crippen LogP contribution in [0.5, 0.6) is 0 Å². The molecular weight excluding hydrogens is 364 g/mol. The van der Waals surface area contributed by atoms with Crippen LogP contribution in [-0.2, 0) is 4.74 Å². The number of para-hydroxylation sites is 1. The average molecular weight is 384 g/mol. The second kappa shape index (κ2) is 7.17. The van der Waals surface area contributed by atoms with Gasteiger partial charge in [0.25, 0.3) is 11.8 Å². The van der Waals surface area contributed by atoms with Crippen LogP contribution < -0.4 is 5.32 Å². The molecule has 0 bridgehead atoms.